The summed E-state index contributed by atoms with van der Waals surface area (Å²) in [4.78, 5) is 4.45. The Morgan fingerprint density at radius 1 is 0.947 bits per heavy atom. The van der Waals surface area contributed by atoms with Gasteiger partial charge in [-0.2, -0.15) is 0 Å². The van der Waals surface area contributed by atoms with Crippen molar-refractivity contribution < 1.29 is 20.1 Å². The molecule has 1 aromatic carbocycles. The Balaban J connectivity index is 0.00000133. The first-order valence-electron chi connectivity index (χ1n) is 5.76. The minimum absolute atomic E-state index is 0. The fourth-order valence-corrected chi connectivity index (χ4v) is 1.85. The normalized spacial score (nSPS) is 9.95. The van der Waals surface area contributed by atoms with Gasteiger partial charge in [-0.25, -0.2) is 0 Å². The summed E-state index contributed by atoms with van der Waals surface area (Å²) in [5.41, 5.74) is 4.09. The van der Waals surface area contributed by atoms with Gasteiger partial charge in [-0.1, -0.05) is 54.9 Å². The molecule has 1 radical (unpaired) electrons. The third-order valence-electron chi connectivity index (χ3n) is 2.79. The van der Waals surface area contributed by atoms with Crippen LogP contribution in [0.4, 0.5) is 0 Å². The van der Waals surface area contributed by atoms with Crippen LogP contribution >= 0.6 is 0 Å². The number of hydrogen-bond donors (Lipinski definition) is 0. The van der Waals surface area contributed by atoms with E-state index in [0.717, 1.165) is 16.8 Å². The van der Waals surface area contributed by atoms with Crippen LogP contribution in [0.1, 0.15) is 0 Å². The summed E-state index contributed by atoms with van der Waals surface area (Å²) < 4.78 is 1.65. The number of aryl methyl sites for hydroxylation is 1. The van der Waals surface area contributed by atoms with Gasteiger partial charge in [-0.3, -0.25) is 5.10 Å². The third-order valence-corrected chi connectivity index (χ3v) is 2.79. The number of nitrogens with zero attached hydrogens (tertiary/aromatic N) is 3. The number of hydrogen-bond acceptors (Lipinski definition) is 2. The van der Waals surface area contributed by atoms with Gasteiger partial charge in [0.05, 0.1) is 0 Å². The van der Waals surface area contributed by atoms with Gasteiger partial charge in [0, 0.05) is 33.3 Å². The fraction of sp³-hybridized carbons (Fsp3) is 0.0667. The Labute approximate surface area is 125 Å². The van der Waals surface area contributed by atoms with Crippen molar-refractivity contribution in [2.24, 2.45) is 7.05 Å². The van der Waals surface area contributed by atoms with Crippen LogP contribution in [0.5, 0.6) is 0 Å². The summed E-state index contributed by atoms with van der Waals surface area (Å²) in [5, 5.41) is 4.09. The summed E-state index contributed by atoms with van der Waals surface area (Å²) in [6, 6.07) is 14.3. The zero-order valence-electron chi connectivity index (χ0n) is 10.4. The van der Waals surface area contributed by atoms with Crippen LogP contribution in [0.2, 0.25) is 0 Å². The van der Waals surface area contributed by atoms with Gasteiger partial charge < -0.3 is 9.67 Å². The monoisotopic (exact) mass is 427 g/mol. The van der Waals surface area contributed by atoms with Gasteiger partial charge >= 0.3 is 0 Å². The molecule has 0 amide bonds. The standard InChI is InChI=1S/C15H12N3.Ir/c1-18-11-14(10-17-18)15-8-7-13(9-16-15)12-5-3-2-4-6-12;/h2-10H,1H3;/q-1;. The number of pyridine rings is 1. The van der Waals surface area contributed by atoms with Crippen LogP contribution in [0.3, 0.4) is 0 Å². The van der Waals surface area contributed by atoms with E-state index in [1.165, 1.54) is 5.56 Å². The van der Waals surface area contributed by atoms with Crippen LogP contribution in [0.15, 0.2) is 54.9 Å². The Hall–Kier alpha value is -1.77. The first-order valence-corrected chi connectivity index (χ1v) is 5.76. The molecule has 0 bridgehead atoms. The van der Waals surface area contributed by atoms with Gasteiger partial charge in [0.25, 0.3) is 0 Å². The molecule has 19 heavy (non-hydrogen) atoms. The average Bonchev–Trinajstić information content (AvgIpc) is 2.87. The molecular formula is C15H12IrN3-. The molecule has 2 heterocycles. The van der Waals surface area contributed by atoms with Crippen molar-refractivity contribution in [3.63, 3.8) is 0 Å². The molecule has 3 nitrogen and oxygen atoms in total. The van der Waals surface area contributed by atoms with Gasteiger partial charge in [-0.15, -0.1) is 5.56 Å². The first kappa shape index (κ1) is 13.7. The first-order chi connectivity index (χ1) is 8.83. The molecule has 4 heteroatoms. The molecule has 0 aliphatic rings. The minimum atomic E-state index is 0. The molecular weight excluding hydrogens is 414 g/mol. The van der Waals surface area contributed by atoms with E-state index in [0.29, 0.717) is 0 Å². The van der Waals surface area contributed by atoms with Crippen LogP contribution < -0.4 is 0 Å². The van der Waals surface area contributed by atoms with Crippen molar-refractivity contribution in [3.8, 4) is 22.4 Å². The van der Waals surface area contributed by atoms with E-state index < -0.39 is 0 Å². The second-order valence-corrected chi connectivity index (χ2v) is 4.09. The maximum atomic E-state index is 4.45. The molecule has 0 saturated carbocycles. The van der Waals surface area contributed by atoms with E-state index in [1.807, 2.05) is 37.5 Å². The summed E-state index contributed by atoms with van der Waals surface area (Å²) in [7, 11) is 1.85. The Kier molecular flexibility index (Phi) is 4.25. The zero-order valence-corrected chi connectivity index (χ0v) is 12.8. The van der Waals surface area contributed by atoms with Crippen LogP contribution in [-0.2, 0) is 27.2 Å². The van der Waals surface area contributed by atoms with E-state index in [9.17, 15) is 0 Å². The maximum Gasteiger partial charge on any atom is 0.0202 e. The van der Waals surface area contributed by atoms with E-state index >= 15 is 0 Å². The largest absolute Gasteiger partial charge is 0.343 e. The SMILES string of the molecule is Cn1[c-]c(-c2ccc(-c3ccccc3)cn2)cn1.[Ir]. The maximum absolute atomic E-state index is 4.45. The van der Waals surface area contributed by atoms with E-state index in [2.05, 4.69) is 34.5 Å². The predicted octanol–water partition coefficient (Wildman–Crippen LogP) is 2.95. The molecule has 0 unspecified atom stereocenters. The van der Waals surface area contributed by atoms with Crippen molar-refractivity contribution >= 4 is 0 Å². The van der Waals surface area contributed by atoms with Crippen LogP contribution in [0, 0.1) is 6.20 Å². The molecule has 0 aliphatic carbocycles. The molecule has 2 aromatic heterocycles. The van der Waals surface area contributed by atoms with E-state index in [4.69, 9.17) is 0 Å². The van der Waals surface area contributed by atoms with Crippen molar-refractivity contribution in [1.82, 2.24) is 14.8 Å². The summed E-state index contributed by atoms with van der Waals surface area (Å²) >= 11 is 0. The molecule has 0 N–H and O–H groups in total. The number of rotatable bonds is 2. The van der Waals surface area contributed by atoms with Gasteiger partial charge in [-0.05, 0) is 16.8 Å². The topological polar surface area (TPSA) is 30.7 Å². The molecule has 97 valence electrons. The molecule has 0 aliphatic heterocycles. The number of aromatic nitrogens is 3. The zero-order chi connectivity index (χ0) is 12.4. The van der Waals surface area contributed by atoms with E-state index in [1.54, 1.807) is 10.9 Å². The molecule has 0 saturated heterocycles. The second kappa shape index (κ2) is 5.91. The Morgan fingerprint density at radius 2 is 1.74 bits per heavy atom. The minimum Gasteiger partial charge on any atom is -0.343 e. The van der Waals surface area contributed by atoms with Gasteiger partial charge in [0.1, 0.15) is 0 Å². The average molecular weight is 426 g/mol. The van der Waals surface area contributed by atoms with Crippen molar-refractivity contribution in [2.75, 3.05) is 0 Å². The van der Waals surface area contributed by atoms with Gasteiger partial charge in [0.2, 0.25) is 0 Å². The third kappa shape index (κ3) is 2.98. The molecule has 0 spiro atoms. The van der Waals surface area contributed by atoms with Gasteiger partial charge in [0.15, 0.2) is 0 Å². The number of benzene rings is 1. The molecule has 3 aromatic rings. The summed E-state index contributed by atoms with van der Waals surface area (Å²) in [6.45, 7) is 0. The molecule has 0 atom stereocenters. The van der Waals surface area contributed by atoms with Crippen LogP contribution in [-0.4, -0.2) is 14.8 Å². The van der Waals surface area contributed by atoms with E-state index in [-0.39, 0.29) is 20.1 Å². The predicted molar refractivity (Wildman–Crippen MR) is 70.7 cm³/mol. The quantitative estimate of drug-likeness (QED) is 0.590. The Bertz CT molecular complexity index is 645. The second-order valence-electron chi connectivity index (χ2n) is 4.09. The summed E-state index contributed by atoms with van der Waals surface area (Å²) in [6.07, 6.45) is 6.74. The summed E-state index contributed by atoms with van der Waals surface area (Å²) in [5.74, 6) is 0. The molecule has 0 fully saturated rings. The fourth-order valence-electron chi connectivity index (χ4n) is 1.85. The molecule has 3 rings (SSSR count). The Morgan fingerprint density at radius 3 is 2.32 bits per heavy atom. The van der Waals surface area contributed by atoms with Crippen LogP contribution in [0.25, 0.3) is 22.4 Å². The smallest absolute Gasteiger partial charge is 0.0202 e. The van der Waals surface area contributed by atoms with Crippen molar-refractivity contribution in [2.45, 2.75) is 0 Å². The van der Waals surface area contributed by atoms with Crippen molar-refractivity contribution in [1.29, 1.82) is 0 Å². The van der Waals surface area contributed by atoms with Crippen molar-refractivity contribution in [3.05, 3.63) is 61.1 Å².